The van der Waals surface area contributed by atoms with Gasteiger partial charge in [-0.2, -0.15) is 0 Å². The van der Waals surface area contributed by atoms with Gasteiger partial charge in [-0.1, -0.05) is 22.0 Å². The molecule has 1 aromatic carbocycles. The third-order valence-corrected chi connectivity index (χ3v) is 3.46. The zero-order valence-corrected chi connectivity index (χ0v) is 11.7. The number of hydrogen-bond acceptors (Lipinski definition) is 3. The van der Waals surface area contributed by atoms with Gasteiger partial charge in [0.25, 0.3) is 0 Å². The summed E-state index contributed by atoms with van der Waals surface area (Å²) in [6.07, 6.45) is 1.50. The maximum absolute atomic E-state index is 12.1. The quantitative estimate of drug-likeness (QED) is 0.497. The van der Waals surface area contributed by atoms with Gasteiger partial charge >= 0.3 is 5.97 Å². The van der Waals surface area contributed by atoms with Gasteiger partial charge in [0.15, 0.2) is 5.78 Å². The van der Waals surface area contributed by atoms with E-state index in [2.05, 4.69) is 20.7 Å². The monoisotopic (exact) mass is 309 g/mol. The van der Waals surface area contributed by atoms with Crippen molar-refractivity contribution in [3.63, 3.8) is 0 Å². The minimum atomic E-state index is -0.524. The van der Waals surface area contributed by atoms with Gasteiger partial charge in [-0.15, -0.1) is 0 Å². The molecule has 0 unspecified atom stereocenters. The Hall–Kier alpha value is -1.62. The Labute approximate surface area is 113 Å². The van der Waals surface area contributed by atoms with Crippen LogP contribution in [0, 0.1) is 0 Å². The predicted molar refractivity (Wildman–Crippen MR) is 71.6 cm³/mol. The molecule has 2 aromatic rings. The summed E-state index contributed by atoms with van der Waals surface area (Å²) in [5, 5.41) is 0.828. The molecule has 4 nitrogen and oxygen atoms in total. The van der Waals surface area contributed by atoms with Crippen LogP contribution in [0.15, 0.2) is 28.9 Å². The highest BCUT2D eigenvalue weighted by molar-refractivity contribution is 9.10. The fourth-order valence-electron chi connectivity index (χ4n) is 1.91. The van der Waals surface area contributed by atoms with E-state index in [-0.39, 0.29) is 12.2 Å². The van der Waals surface area contributed by atoms with Crippen LogP contribution >= 0.6 is 15.9 Å². The molecule has 1 heterocycles. The number of ether oxygens (including phenoxy) is 1. The molecule has 0 aliphatic carbocycles. The van der Waals surface area contributed by atoms with Gasteiger partial charge in [0.05, 0.1) is 7.11 Å². The number of nitrogens with zero attached hydrogens (tertiary/aromatic N) is 1. The lowest BCUT2D eigenvalue weighted by atomic mass is 10.1. The van der Waals surface area contributed by atoms with E-state index in [4.69, 9.17) is 0 Å². The molecule has 18 heavy (non-hydrogen) atoms. The van der Waals surface area contributed by atoms with Crippen molar-refractivity contribution in [1.82, 2.24) is 4.57 Å². The van der Waals surface area contributed by atoms with Gasteiger partial charge in [-0.05, 0) is 12.1 Å². The lowest BCUT2D eigenvalue weighted by molar-refractivity contribution is -0.139. The molecule has 2 rings (SSSR count). The van der Waals surface area contributed by atoms with Crippen molar-refractivity contribution < 1.29 is 14.3 Å². The summed E-state index contributed by atoms with van der Waals surface area (Å²) >= 11 is 3.43. The van der Waals surface area contributed by atoms with Gasteiger partial charge in [-0.3, -0.25) is 9.59 Å². The number of esters is 1. The minimum Gasteiger partial charge on any atom is -0.469 e. The molecule has 0 aliphatic heterocycles. The largest absolute Gasteiger partial charge is 0.469 e. The first-order valence-electron chi connectivity index (χ1n) is 5.38. The second-order valence-corrected chi connectivity index (χ2v) is 4.82. The summed E-state index contributed by atoms with van der Waals surface area (Å²) in [5.74, 6) is -0.761. The van der Waals surface area contributed by atoms with Crippen LogP contribution in [0.25, 0.3) is 10.9 Å². The molecule has 0 radical (unpaired) electrons. The van der Waals surface area contributed by atoms with E-state index >= 15 is 0 Å². The van der Waals surface area contributed by atoms with Crippen LogP contribution in [0.1, 0.15) is 16.8 Å². The Balaban J connectivity index is 2.51. The summed E-state index contributed by atoms with van der Waals surface area (Å²) in [4.78, 5) is 23.2. The van der Waals surface area contributed by atoms with Crippen molar-refractivity contribution in [1.29, 1.82) is 0 Å². The van der Waals surface area contributed by atoms with Gasteiger partial charge in [-0.25, -0.2) is 0 Å². The van der Waals surface area contributed by atoms with Crippen LogP contribution in [0.3, 0.4) is 0 Å². The maximum atomic E-state index is 12.1. The first kappa shape index (κ1) is 12.8. The van der Waals surface area contributed by atoms with Gasteiger partial charge < -0.3 is 9.30 Å². The molecular formula is C13H12BrNO3. The SMILES string of the molecule is COC(=O)CC(=O)c1cn(C)c2cccc(Br)c12. The molecule has 0 N–H and O–H groups in total. The highest BCUT2D eigenvalue weighted by Crippen LogP contribution is 2.29. The van der Waals surface area contributed by atoms with Crippen LogP contribution in [0.5, 0.6) is 0 Å². The summed E-state index contributed by atoms with van der Waals surface area (Å²) < 4.78 is 7.22. The van der Waals surface area contributed by atoms with Crippen molar-refractivity contribution in [2.45, 2.75) is 6.42 Å². The number of Topliss-reactive ketones (excluding diaryl/α,β-unsaturated/α-hetero) is 1. The Kier molecular flexibility index (Phi) is 3.52. The van der Waals surface area contributed by atoms with E-state index in [0.717, 1.165) is 15.4 Å². The number of carbonyl (C=O) groups excluding carboxylic acids is 2. The molecule has 0 atom stereocenters. The number of benzene rings is 1. The highest BCUT2D eigenvalue weighted by Gasteiger charge is 2.18. The Morgan fingerprint density at radius 1 is 1.39 bits per heavy atom. The predicted octanol–water partition coefficient (Wildman–Crippen LogP) is 2.69. The fourth-order valence-corrected chi connectivity index (χ4v) is 2.48. The number of rotatable bonds is 3. The Bertz CT molecular complexity index is 630. The number of ketones is 1. The van der Waals surface area contributed by atoms with Crippen molar-refractivity contribution in [3.8, 4) is 0 Å². The van der Waals surface area contributed by atoms with E-state index in [1.54, 1.807) is 6.20 Å². The molecule has 0 amide bonds. The zero-order chi connectivity index (χ0) is 13.3. The Morgan fingerprint density at radius 2 is 2.11 bits per heavy atom. The van der Waals surface area contributed by atoms with E-state index in [0.29, 0.717) is 5.56 Å². The summed E-state index contributed by atoms with van der Waals surface area (Å²) in [7, 11) is 3.14. The van der Waals surface area contributed by atoms with Crippen molar-refractivity contribution in [2.24, 2.45) is 7.05 Å². The van der Waals surface area contributed by atoms with Crippen LogP contribution in [-0.4, -0.2) is 23.4 Å². The van der Waals surface area contributed by atoms with Gasteiger partial charge in [0.1, 0.15) is 6.42 Å². The summed E-state index contributed by atoms with van der Waals surface area (Å²) in [6.45, 7) is 0. The van der Waals surface area contributed by atoms with E-state index in [1.807, 2.05) is 29.8 Å². The van der Waals surface area contributed by atoms with E-state index in [1.165, 1.54) is 7.11 Å². The average molecular weight is 310 g/mol. The maximum Gasteiger partial charge on any atom is 0.313 e. The number of aryl methyl sites for hydroxylation is 1. The molecule has 0 fully saturated rings. The molecule has 0 saturated carbocycles. The standard InChI is InChI=1S/C13H12BrNO3/c1-15-7-8(11(16)6-12(17)18-2)13-9(14)4-3-5-10(13)15/h3-5,7H,6H2,1-2H3. The van der Waals surface area contributed by atoms with Crippen LogP contribution in [0.2, 0.25) is 0 Å². The second-order valence-electron chi connectivity index (χ2n) is 3.96. The number of halogens is 1. The van der Waals surface area contributed by atoms with Gasteiger partial charge in [0, 0.05) is 34.2 Å². The third kappa shape index (κ3) is 2.18. The van der Waals surface area contributed by atoms with Crippen LogP contribution < -0.4 is 0 Å². The average Bonchev–Trinajstić information content (AvgIpc) is 2.68. The molecule has 0 bridgehead atoms. The van der Waals surface area contributed by atoms with Crippen molar-refractivity contribution >= 4 is 38.6 Å². The number of hydrogen-bond donors (Lipinski definition) is 0. The molecule has 94 valence electrons. The first-order chi connectivity index (χ1) is 8.54. The first-order valence-corrected chi connectivity index (χ1v) is 6.17. The van der Waals surface area contributed by atoms with E-state index in [9.17, 15) is 9.59 Å². The van der Waals surface area contributed by atoms with Crippen LogP contribution in [-0.2, 0) is 16.6 Å². The smallest absolute Gasteiger partial charge is 0.313 e. The molecular weight excluding hydrogens is 298 g/mol. The highest BCUT2D eigenvalue weighted by atomic mass is 79.9. The lowest BCUT2D eigenvalue weighted by Crippen LogP contribution is -2.09. The summed E-state index contributed by atoms with van der Waals surface area (Å²) in [6, 6.07) is 5.70. The van der Waals surface area contributed by atoms with Crippen LogP contribution in [0.4, 0.5) is 0 Å². The number of carbonyl (C=O) groups is 2. The molecule has 5 heteroatoms. The zero-order valence-electron chi connectivity index (χ0n) is 10.1. The summed E-state index contributed by atoms with van der Waals surface area (Å²) in [5.41, 5.74) is 1.47. The third-order valence-electron chi connectivity index (χ3n) is 2.80. The topological polar surface area (TPSA) is 48.3 Å². The minimum absolute atomic E-state index is 0.237. The Morgan fingerprint density at radius 3 is 2.78 bits per heavy atom. The second kappa shape index (κ2) is 4.94. The molecule has 0 saturated heterocycles. The molecule has 0 aliphatic rings. The number of fused-ring (bicyclic) bond motifs is 1. The van der Waals surface area contributed by atoms with Crippen molar-refractivity contribution in [2.75, 3.05) is 7.11 Å². The molecule has 1 aromatic heterocycles. The van der Waals surface area contributed by atoms with Gasteiger partial charge in [0.2, 0.25) is 0 Å². The lowest BCUT2D eigenvalue weighted by Gasteiger charge is -2.00. The normalized spacial score (nSPS) is 10.6. The number of methoxy groups -OCH3 is 1. The number of aromatic nitrogens is 1. The molecule has 0 spiro atoms. The fraction of sp³-hybridized carbons (Fsp3) is 0.231. The van der Waals surface area contributed by atoms with E-state index < -0.39 is 5.97 Å². The van der Waals surface area contributed by atoms with Crippen molar-refractivity contribution in [3.05, 3.63) is 34.4 Å².